The summed E-state index contributed by atoms with van der Waals surface area (Å²) in [5.74, 6) is 0.570. The first-order chi connectivity index (χ1) is 26.1. The van der Waals surface area contributed by atoms with Crippen LogP contribution in [0.2, 0.25) is 20.1 Å². The Morgan fingerprint density at radius 3 is 1.51 bits per heavy atom. The zero-order valence-corrected chi connectivity index (χ0v) is 34.4. The van der Waals surface area contributed by atoms with E-state index in [9.17, 15) is 26.4 Å². The summed E-state index contributed by atoms with van der Waals surface area (Å²) < 4.78 is 63.9. The number of hydrogen-bond acceptors (Lipinski definition) is 11. The van der Waals surface area contributed by atoms with E-state index in [1.54, 1.807) is 36.4 Å². The minimum absolute atomic E-state index is 0.0274. The van der Waals surface area contributed by atoms with Gasteiger partial charge < -0.3 is 20.1 Å². The van der Waals surface area contributed by atoms with Crippen molar-refractivity contribution in [2.24, 2.45) is 0 Å². The van der Waals surface area contributed by atoms with Crippen LogP contribution in [0, 0.1) is 0 Å². The number of sulfonamides is 1. The Hall–Kier alpha value is -3.87. The topological polar surface area (TPSA) is 183 Å². The van der Waals surface area contributed by atoms with Crippen LogP contribution in [0.3, 0.4) is 0 Å². The van der Waals surface area contributed by atoms with Gasteiger partial charge in [0.25, 0.3) is 19.1 Å². The molecule has 0 saturated heterocycles. The molecule has 5 rings (SSSR count). The largest absolute Gasteiger partial charge is 0.492 e. The summed E-state index contributed by atoms with van der Waals surface area (Å²) in [6.07, 6.45) is 2.68. The molecule has 2 amide bonds. The van der Waals surface area contributed by atoms with E-state index < -0.39 is 19.1 Å². The van der Waals surface area contributed by atoms with Crippen molar-refractivity contribution in [3.63, 3.8) is 0 Å². The summed E-state index contributed by atoms with van der Waals surface area (Å²) >= 11 is 24.6. The van der Waals surface area contributed by atoms with Crippen molar-refractivity contribution in [1.29, 1.82) is 0 Å². The summed E-state index contributed by atoms with van der Waals surface area (Å²) in [5, 5.41) is 7.40. The molecule has 0 aliphatic heterocycles. The Morgan fingerprint density at radius 2 is 1.11 bits per heavy atom. The average Bonchev–Trinajstić information content (AvgIpc) is 3.63. The number of anilines is 3. The number of carbonyl (C=O) groups is 2. The molecule has 0 atom stereocenters. The maximum atomic E-state index is 12.3. The van der Waals surface area contributed by atoms with Crippen molar-refractivity contribution in [3.8, 4) is 11.5 Å². The van der Waals surface area contributed by atoms with Crippen LogP contribution in [-0.4, -0.2) is 51.2 Å². The van der Waals surface area contributed by atoms with Gasteiger partial charge in [0, 0.05) is 56.5 Å². The Kier molecular flexibility index (Phi) is 16.6. The molecular weight excluding hydrogens is 880 g/mol. The first-order valence-corrected chi connectivity index (χ1v) is 21.9. The number of nitrogens with one attached hydrogen (secondary N) is 3. The highest BCUT2D eigenvalue weighted by Gasteiger charge is 2.16. The number of rotatable bonds is 16. The third-order valence-corrected chi connectivity index (χ3v) is 11.3. The third kappa shape index (κ3) is 15.0. The molecule has 0 unspecified atom stereocenters. The molecule has 13 nitrogen and oxygen atoms in total. The fourth-order valence-electron chi connectivity index (χ4n) is 4.27. The van der Waals surface area contributed by atoms with Gasteiger partial charge in [-0.15, -0.1) is 0 Å². The summed E-state index contributed by atoms with van der Waals surface area (Å²) in [6.45, 7) is 0.626. The van der Waals surface area contributed by atoms with Gasteiger partial charge in [0.2, 0.25) is 16.9 Å². The van der Waals surface area contributed by atoms with Gasteiger partial charge in [-0.2, -0.15) is 4.37 Å². The predicted molar refractivity (Wildman–Crippen MR) is 216 cm³/mol. The maximum absolute atomic E-state index is 12.3. The molecule has 0 bridgehead atoms. The number of aromatic nitrogens is 2. The minimum atomic E-state index is -3.77. The summed E-state index contributed by atoms with van der Waals surface area (Å²) in [7, 11) is -2.32. The molecule has 55 heavy (non-hydrogen) atoms. The van der Waals surface area contributed by atoms with E-state index in [2.05, 4.69) is 24.7 Å². The number of halogens is 5. The van der Waals surface area contributed by atoms with Crippen LogP contribution >= 0.6 is 68.6 Å². The van der Waals surface area contributed by atoms with Crippen molar-refractivity contribution in [2.75, 3.05) is 28.6 Å². The molecule has 0 radical (unpaired) electrons. The van der Waals surface area contributed by atoms with E-state index in [1.165, 1.54) is 54.9 Å². The molecule has 292 valence electrons. The average molecular weight is 910 g/mol. The summed E-state index contributed by atoms with van der Waals surface area (Å²) in [4.78, 5) is 27.7. The third-order valence-electron chi connectivity index (χ3n) is 6.85. The molecule has 5 aromatic rings. The Balaban J connectivity index is 0.000000249. The van der Waals surface area contributed by atoms with Gasteiger partial charge in [-0.1, -0.05) is 46.4 Å². The van der Waals surface area contributed by atoms with Gasteiger partial charge in [0.1, 0.15) is 17.8 Å². The number of ether oxygens (including phenoxy) is 2. The number of amides is 2. The van der Waals surface area contributed by atoms with Gasteiger partial charge in [0.05, 0.1) is 33.0 Å². The van der Waals surface area contributed by atoms with Crippen LogP contribution in [-0.2, 0) is 28.7 Å². The van der Waals surface area contributed by atoms with Crippen LogP contribution in [0.15, 0.2) is 101 Å². The van der Waals surface area contributed by atoms with Crippen LogP contribution in [0.1, 0.15) is 25.7 Å². The minimum Gasteiger partial charge on any atom is -0.492 e. The molecule has 0 aliphatic rings. The summed E-state index contributed by atoms with van der Waals surface area (Å²) in [5.41, 5.74) is 0.965. The number of carbonyl (C=O) groups excluding carboxylic acids is 2. The van der Waals surface area contributed by atoms with Crippen LogP contribution in [0.4, 0.5) is 16.5 Å². The molecular formula is C34H30Cl5N5O8S3. The van der Waals surface area contributed by atoms with E-state index in [0.29, 0.717) is 69.0 Å². The van der Waals surface area contributed by atoms with E-state index in [4.69, 9.17) is 66.6 Å². The van der Waals surface area contributed by atoms with E-state index in [-0.39, 0.29) is 39.6 Å². The van der Waals surface area contributed by atoms with Crippen LogP contribution in [0.5, 0.6) is 11.5 Å². The molecule has 0 aliphatic carbocycles. The fourth-order valence-corrected chi connectivity index (χ4v) is 7.63. The zero-order chi connectivity index (χ0) is 40.0. The van der Waals surface area contributed by atoms with Gasteiger partial charge in [-0.05, 0) is 97.8 Å². The molecule has 0 fully saturated rings. The highest BCUT2D eigenvalue weighted by Crippen LogP contribution is 2.29. The molecule has 3 N–H and O–H groups in total. The van der Waals surface area contributed by atoms with Crippen molar-refractivity contribution in [2.45, 2.75) is 35.5 Å². The lowest BCUT2D eigenvalue weighted by molar-refractivity contribution is -0.117. The van der Waals surface area contributed by atoms with Gasteiger partial charge in [-0.25, -0.2) is 21.8 Å². The lowest BCUT2D eigenvalue weighted by atomic mass is 10.2. The first-order valence-electron chi connectivity index (χ1n) is 15.8. The fraction of sp³-hybridized carbons (Fsp3) is 0.176. The lowest BCUT2D eigenvalue weighted by Gasteiger charge is -2.09. The highest BCUT2D eigenvalue weighted by molar-refractivity contribution is 8.13. The van der Waals surface area contributed by atoms with Crippen molar-refractivity contribution in [3.05, 3.63) is 111 Å². The first kappa shape index (κ1) is 43.9. The molecule has 0 saturated carbocycles. The molecule has 1 aromatic heterocycles. The SMILES string of the molecule is O=C(CCCOc1ccc(Cl)cc1Cl)Nc1ccc(S(=O)(=O)Cl)cc1.O=C(CCCOc1ccc(Cl)cc1Cl)Nc1ccc(S(=O)(=O)Nc2ncns2)cc1. The van der Waals surface area contributed by atoms with Crippen molar-refractivity contribution in [1.82, 2.24) is 9.36 Å². The van der Waals surface area contributed by atoms with E-state index >= 15 is 0 Å². The molecule has 1 heterocycles. The van der Waals surface area contributed by atoms with E-state index in [0.717, 1.165) is 11.5 Å². The normalized spacial score (nSPS) is 11.1. The number of benzene rings is 4. The second-order valence-corrected chi connectivity index (χ2v) is 17.7. The van der Waals surface area contributed by atoms with Gasteiger partial charge in [0.15, 0.2) is 0 Å². The lowest BCUT2D eigenvalue weighted by Crippen LogP contribution is -2.14. The van der Waals surface area contributed by atoms with Gasteiger partial charge in [-0.3, -0.25) is 14.3 Å². The van der Waals surface area contributed by atoms with Crippen LogP contribution < -0.4 is 24.8 Å². The standard InChI is InChI=1S/C18H16Cl2N4O4S2.C16H14Cl3NO4S/c19-12-3-8-16(15(20)10-12)28-9-1-2-17(25)23-13-4-6-14(7-5-13)30(26,27)24-18-21-11-22-29-18;17-11-3-8-15(14(18)10-11)24-9-1-2-16(21)20-12-4-6-13(7-5-12)25(19,22)23/h3-8,10-11H,1-2,9H2,(H,23,25)(H,21,22,24);3-8,10H,1-2,9H2,(H,20,21). The van der Waals surface area contributed by atoms with Crippen molar-refractivity contribution >= 4 is 116 Å². The molecule has 4 aromatic carbocycles. The predicted octanol–water partition coefficient (Wildman–Crippen LogP) is 9.16. The highest BCUT2D eigenvalue weighted by atomic mass is 35.7. The zero-order valence-electron chi connectivity index (χ0n) is 28.2. The quantitative estimate of drug-likeness (QED) is 0.0638. The smallest absolute Gasteiger partial charge is 0.263 e. The second kappa shape index (κ2) is 20.9. The van der Waals surface area contributed by atoms with Crippen molar-refractivity contribution < 1.29 is 35.9 Å². The maximum Gasteiger partial charge on any atom is 0.263 e. The number of nitrogens with zero attached hydrogens (tertiary/aromatic N) is 2. The molecule has 0 spiro atoms. The van der Waals surface area contributed by atoms with E-state index in [1.807, 2.05) is 0 Å². The Bertz CT molecular complexity index is 2290. The number of hydrogen-bond donors (Lipinski definition) is 3. The summed E-state index contributed by atoms with van der Waals surface area (Å²) in [6, 6.07) is 21.2. The van der Waals surface area contributed by atoms with Gasteiger partial charge >= 0.3 is 0 Å². The Morgan fingerprint density at radius 1 is 0.655 bits per heavy atom. The molecule has 21 heteroatoms. The Labute approximate surface area is 345 Å². The second-order valence-electron chi connectivity index (χ2n) is 11.0. The van der Waals surface area contributed by atoms with Crippen LogP contribution in [0.25, 0.3) is 0 Å². The monoisotopic (exact) mass is 907 g/mol.